The topological polar surface area (TPSA) is 45.3 Å². The molecule has 0 saturated heterocycles. The largest absolute Gasteiger partial charge is 0.368 e. The Morgan fingerprint density at radius 3 is 2.32 bits per heavy atom. The predicted molar refractivity (Wildman–Crippen MR) is 105 cm³/mol. The zero-order valence-electron chi connectivity index (χ0n) is 14.3. The van der Waals surface area contributed by atoms with E-state index in [4.69, 9.17) is 4.84 Å². The van der Waals surface area contributed by atoms with Crippen molar-refractivity contribution in [3.05, 3.63) is 90.0 Å². The van der Waals surface area contributed by atoms with Crippen molar-refractivity contribution in [3.63, 3.8) is 0 Å². The minimum absolute atomic E-state index is 0.512. The lowest BCUT2D eigenvalue weighted by Gasteiger charge is -2.15. The van der Waals surface area contributed by atoms with E-state index in [9.17, 15) is 0 Å². The summed E-state index contributed by atoms with van der Waals surface area (Å²) in [6.45, 7) is 3.22. The Balaban J connectivity index is 1.52. The molecule has 0 unspecified atom stereocenters. The number of hydrogen-bond donors (Lipinski definition) is 3. The molecule has 128 valence electrons. The van der Waals surface area contributed by atoms with E-state index in [0.29, 0.717) is 13.3 Å². The van der Waals surface area contributed by atoms with E-state index in [1.54, 1.807) is 0 Å². The second-order valence-electron chi connectivity index (χ2n) is 5.82. The van der Waals surface area contributed by atoms with E-state index in [0.717, 1.165) is 22.6 Å². The lowest BCUT2D eigenvalue weighted by molar-refractivity contribution is 0.180. The van der Waals surface area contributed by atoms with E-state index in [-0.39, 0.29) is 0 Å². The molecule has 4 nitrogen and oxygen atoms in total. The number of rotatable bonds is 8. The Labute approximate surface area is 148 Å². The van der Waals surface area contributed by atoms with Crippen LogP contribution >= 0.6 is 0 Å². The normalized spacial score (nSPS) is 10.3. The van der Waals surface area contributed by atoms with Gasteiger partial charge in [0.25, 0.3) is 0 Å². The van der Waals surface area contributed by atoms with Gasteiger partial charge in [0.05, 0.1) is 24.7 Å². The summed E-state index contributed by atoms with van der Waals surface area (Å²) in [6, 6.07) is 26.4. The molecule has 0 aliphatic rings. The summed E-state index contributed by atoms with van der Waals surface area (Å²) in [5, 5.41) is 6.69. The van der Waals surface area contributed by atoms with Crippen LogP contribution in [0.5, 0.6) is 0 Å². The smallest absolute Gasteiger partial charge is 0.0996 e. The maximum atomic E-state index is 5.66. The van der Waals surface area contributed by atoms with Gasteiger partial charge >= 0.3 is 0 Å². The van der Waals surface area contributed by atoms with Crippen molar-refractivity contribution in [2.24, 2.45) is 0 Å². The molecule has 3 aromatic rings. The molecule has 0 aliphatic heterocycles. The van der Waals surface area contributed by atoms with Gasteiger partial charge < -0.3 is 10.6 Å². The molecular weight excluding hydrogens is 310 g/mol. The molecule has 0 spiro atoms. The van der Waals surface area contributed by atoms with Gasteiger partial charge in [-0.2, -0.15) is 0 Å². The Morgan fingerprint density at radius 1 is 0.760 bits per heavy atom. The van der Waals surface area contributed by atoms with Crippen LogP contribution in [0.15, 0.2) is 78.9 Å². The van der Waals surface area contributed by atoms with Crippen molar-refractivity contribution >= 4 is 17.1 Å². The molecule has 3 rings (SSSR count). The molecule has 0 bridgehead atoms. The van der Waals surface area contributed by atoms with Crippen molar-refractivity contribution in [2.75, 3.05) is 22.8 Å². The Bertz CT molecular complexity index is 790. The molecule has 0 amide bonds. The van der Waals surface area contributed by atoms with E-state index in [1.807, 2.05) is 60.7 Å². The molecular formula is C21H23N3O. The van der Waals surface area contributed by atoms with Gasteiger partial charge in [-0.3, -0.25) is 10.3 Å². The third-order valence-electron chi connectivity index (χ3n) is 3.78. The fraction of sp³-hybridized carbons (Fsp3) is 0.143. The summed E-state index contributed by atoms with van der Waals surface area (Å²) < 4.78 is 0. The summed E-state index contributed by atoms with van der Waals surface area (Å²) >= 11 is 0. The highest BCUT2D eigenvalue weighted by Crippen LogP contribution is 2.21. The third kappa shape index (κ3) is 5.26. The number of para-hydroxylation sites is 3. The average molecular weight is 333 g/mol. The minimum atomic E-state index is 0.512. The highest BCUT2D eigenvalue weighted by Gasteiger charge is 2.01. The monoisotopic (exact) mass is 333 g/mol. The maximum absolute atomic E-state index is 5.66. The van der Waals surface area contributed by atoms with Crippen molar-refractivity contribution in [3.8, 4) is 0 Å². The van der Waals surface area contributed by atoms with Crippen LogP contribution in [-0.4, -0.2) is 6.67 Å². The van der Waals surface area contributed by atoms with Crippen LogP contribution in [0.25, 0.3) is 0 Å². The van der Waals surface area contributed by atoms with E-state index in [1.165, 1.54) is 5.56 Å². The summed E-state index contributed by atoms with van der Waals surface area (Å²) in [5.41, 5.74) is 8.38. The van der Waals surface area contributed by atoms with Crippen LogP contribution in [0, 0.1) is 6.92 Å². The van der Waals surface area contributed by atoms with Crippen molar-refractivity contribution < 1.29 is 4.84 Å². The van der Waals surface area contributed by atoms with Crippen molar-refractivity contribution in [2.45, 2.75) is 13.5 Å². The van der Waals surface area contributed by atoms with E-state index < -0.39 is 0 Å². The molecule has 0 heterocycles. The van der Waals surface area contributed by atoms with Gasteiger partial charge in [0, 0.05) is 5.69 Å². The quantitative estimate of drug-likeness (QED) is 0.400. The Hall–Kier alpha value is -2.98. The SMILES string of the molecule is Cc1cccc(CONc2ccccc2NCNc2ccccc2)c1. The molecule has 3 aromatic carbocycles. The molecule has 3 N–H and O–H groups in total. The summed E-state index contributed by atoms with van der Waals surface area (Å²) in [5.74, 6) is 0. The highest BCUT2D eigenvalue weighted by molar-refractivity contribution is 5.67. The fourth-order valence-corrected chi connectivity index (χ4v) is 2.52. The maximum Gasteiger partial charge on any atom is 0.0996 e. The molecule has 25 heavy (non-hydrogen) atoms. The van der Waals surface area contributed by atoms with E-state index in [2.05, 4.69) is 41.2 Å². The van der Waals surface area contributed by atoms with Gasteiger partial charge in [-0.1, -0.05) is 60.2 Å². The van der Waals surface area contributed by atoms with Gasteiger partial charge in [-0.25, -0.2) is 0 Å². The van der Waals surface area contributed by atoms with Crippen LogP contribution < -0.4 is 16.1 Å². The lowest BCUT2D eigenvalue weighted by atomic mass is 10.1. The van der Waals surface area contributed by atoms with Gasteiger partial charge in [-0.15, -0.1) is 0 Å². The molecule has 0 atom stereocenters. The van der Waals surface area contributed by atoms with Crippen LogP contribution in [0.1, 0.15) is 11.1 Å². The molecule has 0 saturated carbocycles. The minimum Gasteiger partial charge on any atom is -0.368 e. The summed E-state index contributed by atoms with van der Waals surface area (Å²) in [7, 11) is 0. The molecule has 0 aliphatic carbocycles. The number of hydrogen-bond acceptors (Lipinski definition) is 4. The fourth-order valence-electron chi connectivity index (χ4n) is 2.52. The first kappa shape index (κ1) is 16.9. The molecule has 4 heteroatoms. The van der Waals surface area contributed by atoms with Gasteiger partial charge in [-0.05, 0) is 36.8 Å². The first-order valence-electron chi connectivity index (χ1n) is 8.36. The van der Waals surface area contributed by atoms with Crippen LogP contribution in [0.3, 0.4) is 0 Å². The molecule has 0 fully saturated rings. The van der Waals surface area contributed by atoms with Gasteiger partial charge in [0.15, 0.2) is 0 Å². The number of anilines is 3. The summed E-state index contributed by atoms with van der Waals surface area (Å²) in [6.07, 6.45) is 0. The number of benzene rings is 3. The zero-order chi connectivity index (χ0) is 17.3. The van der Waals surface area contributed by atoms with Crippen LogP contribution in [-0.2, 0) is 11.4 Å². The first-order chi connectivity index (χ1) is 12.3. The second kappa shape index (κ2) is 8.76. The standard InChI is InChI=1S/C21H23N3O/c1-17-8-7-9-18(14-17)15-25-24-21-13-6-5-12-20(21)23-16-22-19-10-3-2-4-11-19/h2-14,22-24H,15-16H2,1H3. The van der Waals surface area contributed by atoms with Gasteiger partial charge in [0.1, 0.15) is 0 Å². The molecule has 0 radical (unpaired) electrons. The number of nitrogens with one attached hydrogen (secondary N) is 3. The zero-order valence-corrected chi connectivity index (χ0v) is 14.3. The van der Waals surface area contributed by atoms with E-state index >= 15 is 0 Å². The van der Waals surface area contributed by atoms with Crippen molar-refractivity contribution in [1.82, 2.24) is 0 Å². The van der Waals surface area contributed by atoms with Gasteiger partial charge in [0.2, 0.25) is 0 Å². The summed E-state index contributed by atoms with van der Waals surface area (Å²) in [4.78, 5) is 5.66. The second-order valence-corrected chi connectivity index (χ2v) is 5.82. The number of aryl methyl sites for hydroxylation is 1. The lowest BCUT2D eigenvalue weighted by Crippen LogP contribution is -2.13. The highest BCUT2D eigenvalue weighted by atomic mass is 16.6. The predicted octanol–water partition coefficient (Wildman–Crippen LogP) is 5.02. The average Bonchev–Trinajstić information content (AvgIpc) is 2.64. The Kier molecular flexibility index (Phi) is 5.91. The molecule has 0 aromatic heterocycles. The van der Waals surface area contributed by atoms with Crippen LogP contribution in [0.4, 0.5) is 17.1 Å². The third-order valence-corrected chi connectivity index (χ3v) is 3.78. The van der Waals surface area contributed by atoms with Crippen LogP contribution in [0.2, 0.25) is 0 Å². The Morgan fingerprint density at radius 2 is 1.52 bits per heavy atom. The first-order valence-corrected chi connectivity index (χ1v) is 8.36. The van der Waals surface area contributed by atoms with Crippen molar-refractivity contribution in [1.29, 1.82) is 0 Å².